The van der Waals surface area contributed by atoms with Crippen LogP contribution in [-0.4, -0.2) is 68.2 Å². The number of rotatable bonds is 9. The summed E-state index contributed by atoms with van der Waals surface area (Å²) in [6.07, 6.45) is 0.622. The maximum atomic E-state index is 15.2. The zero-order valence-corrected chi connectivity index (χ0v) is 32.9. The first kappa shape index (κ1) is 36.5. The van der Waals surface area contributed by atoms with Gasteiger partial charge < -0.3 is 29.3 Å². The van der Waals surface area contributed by atoms with E-state index >= 15 is 4.79 Å². The average Bonchev–Trinajstić information content (AvgIpc) is 3.59. The molecule has 0 aromatic heterocycles. The standard InChI is InChI=1S/C43H46ClN3O6Si/c1-27-41(54(3,4)35-16-14-34(52-2)15-17-35)38(23-40(50)46-25-30-8-6-5-7-29(30)21-33(46)26-48)53-43(27)36-22-31(44)11-18-37(36)47(42(43)51)24-28-9-12-32(13-10-28)45-20-19-39(45)49/h5-18,22,27,33,38,41,48H,19-21,23-26H2,1-4H3/t27-,33-,38+,41-,43+/m0/s1. The van der Waals surface area contributed by atoms with Crippen LogP contribution in [0.4, 0.5) is 11.4 Å². The summed E-state index contributed by atoms with van der Waals surface area (Å²) in [5.41, 5.74) is 3.92. The Morgan fingerprint density at radius 2 is 1.72 bits per heavy atom. The number of amides is 3. The Kier molecular flexibility index (Phi) is 9.45. The quantitative estimate of drug-likeness (QED) is 0.162. The van der Waals surface area contributed by atoms with Gasteiger partial charge in [-0.3, -0.25) is 14.4 Å². The number of anilines is 2. The van der Waals surface area contributed by atoms with E-state index in [1.165, 1.54) is 5.19 Å². The highest BCUT2D eigenvalue weighted by atomic mass is 35.5. The molecule has 4 aromatic rings. The average molecular weight is 764 g/mol. The van der Waals surface area contributed by atoms with Crippen LogP contribution in [0.25, 0.3) is 0 Å². The van der Waals surface area contributed by atoms with E-state index in [0.29, 0.717) is 37.5 Å². The lowest BCUT2D eigenvalue weighted by Gasteiger charge is -2.39. The molecule has 280 valence electrons. The molecule has 4 heterocycles. The third kappa shape index (κ3) is 5.94. The molecule has 3 amide bonds. The van der Waals surface area contributed by atoms with E-state index in [9.17, 15) is 14.7 Å². The van der Waals surface area contributed by atoms with E-state index in [4.69, 9.17) is 21.1 Å². The molecular weight excluding hydrogens is 718 g/mol. The molecular formula is C43H46ClN3O6Si. The number of carbonyl (C=O) groups is 3. The van der Waals surface area contributed by atoms with Crippen molar-refractivity contribution in [1.29, 1.82) is 0 Å². The molecule has 2 fully saturated rings. The van der Waals surface area contributed by atoms with Crippen molar-refractivity contribution < 1.29 is 29.0 Å². The Balaban J connectivity index is 1.17. The Bertz CT molecular complexity index is 2110. The molecule has 4 aliphatic rings. The van der Waals surface area contributed by atoms with Crippen LogP contribution in [0.1, 0.15) is 42.0 Å². The number of halogens is 1. The number of fused-ring (bicyclic) bond motifs is 3. The van der Waals surface area contributed by atoms with E-state index in [0.717, 1.165) is 39.4 Å². The van der Waals surface area contributed by atoms with Crippen molar-refractivity contribution in [3.05, 3.63) is 118 Å². The maximum absolute atomic E-state index is 15.2. The number of aliphatic hydroxyl groups is 1. The number of benzene rings is 4. The predicted octanol–water partition coefficient (Wildman–Crippen LogP) is 6.18. The van der Waals surface area contributed by atoms with Crippen molar-refractivity contribution in [1.82, 2.24) is 4.90 Å². The first-order valence-corrected chi connectivity index (χ1v) is 22.2. The van der Waals surface area contributed by atoms with Gasteiger partial charge in [0.05, 0.1) is 52.6 Å². The Hall–Kier alpha value is -4.48. The zero-order valence-electron chi connectivity index (χ0n) is 31.1. The summed E-state index contributed by atoms with van der Waals surface area (Å²) in [4.78, 5) is 47.2. The van der Waals surface area contributed by atoms with Gasteiger partial charge in [0, 0.05) is 41.7 Å². The van der Waals surface area contributed by atoms with Crippen molar-refractivity contribution in [3.63, 3.8) is 0 Å². The van der Waals surface area contributed by atoms with Crippen LogP contribution in [0.3, 0.4) is 0 Å². The maximum Gasteiger partial charge on any atom is 0.264 e. The Morgan fingerprint density at radius 3 is 2.37 bits per heavy atom. The fourth-order valence-corrected chi connectivity index (χ4v) is 13.7. The number of carbonyl (C=O) groups excluding carboxylic acids is 3. The van der Waals surface area contributed by atoms with E-state index in [1.807, 2.05) is 66.7 Å². The monoisotopic (exact) mass is 763 g/mol. The number of β-lactam (4-membered cyclic amide) rings is 1. The summed E-state index contributed by atoms with van der Waals surface area (Å²) in [5.74, 6) is 0.283. The van der Waals surface area contributed by atoms with Crippen LogP contribution in [0.2, 0.25) is 23.7 Å². The van der Waals surface area contributed by atoms with Gasteiger partial charge in [-0.15, -0.1) is 0 Å². The number of methoxy groups -OCH3 is 1. The summed E-state index contributed by atoms with van der Waals surface area (Å²) in [5, 5.41) is 12.1. The van der Waals surface area contributed by atoms with Gasteiger partial charge in [-0.1, -0.05) is 85.3 Å². The molecule has 0 unspecified atom stereocenters. The third-order valence-corrected chi connectivity index (χ3v) is 17.1. The van der Waals surface area contributed by atoms with Gasteiger partial charge in [0.2, 0.25) is 11.8 Å². The smallest absolute Gasteiger partial charge is 0.264 e. The minimum absolute atomic E-state index is 0.0713. The molecule has 54 heavy (non-hydrogen) atoms. The van der Waals surface area contributed by atoms with Crippen LogP contribution in [-0.2, 0) is 44.2 Å². The lowest BCUT2D eigenvalue weighted by molar-refractivity contribution is -0.151. The second-order valence-electron chi connectivity index (χ2n) is 15.7. The van der Waals surface area contributed by atoms with E-state index in [1.54, 1.807) is 27.9 Å². The zero-order chi connectivity index (χ0) is 37.9. The van der Waals surface area contributed by atoms with E-state index in [-0.39, 0.29) is 48.3 Å². The van der Waals surface area contributed by atoms with Crippen molar-refractivity contribution in [2.45, 2.75) is 75.7 Å². The van der Waals surface area contributed by atoms with E-state index < -0.39 is 19.8 Å². The van der Waals surface area contributed by atoms with Gasteiger partial charge >= 0.3 is 0 Å². The van der Waals surface area contributed by atoms with Crippen LogP contribution in [0.15, 0.2) is 91.0 Å². The SMILES string of the molecule is COc1ccc([Si](C)(C)[C@@H]2[C@@H](CC(=O)N3Cc4ccccc4C[C@H]3CO)O[C@]3(C(=O)N(Cc4ccc(N5CCC5=O)cc4)c4ccc(Cl)cc43)[C@H]2C)cc1. The second-order valence-corrected chi connectivity index (χ2v) is 20.8. The highest BCUT2D eigenvalue weighted by molar-refractivity contribution is 6.91. The highest BCUT2D eigenvalue weighted by Crippen LogP contribution is 2.60. The normalized spacial score (nSPS) is 24.8. The minimum Gasteiger partial charge on any atom is -0.497 e. The molecule has 0 aliphatic carbocycles. The molecule has 4 aromatic carbocycles. The molecule has 9 nitrogen and oxygen atoms in total. The van der Waals surface area contributed by atoms with Crippen LogP contribution < -0.4 is 19.7 Å². The molecule has 11 heteroatoms. The Morgan fingerprint density at radius 1 is 1.00 bits per heavy atom. The first-order valence-electron chi connectivity index (χ1n) is 18.8. The van der Waals surface area contributed by atoms with Gasteiger partial charge in [0.25, 0.3) is 5.91 Å². The van der Waals surface area contributed by atoms with Gasteiger partial charge in [0.1, 0.15) is 5.75 Å². The fourth-order valence-electron chi connectivity index (χ4n) is 9.53. The predicted molar refractivity (Wildman–Crippen MR) is 212 cm³/mol. The lowest BCUT2D eigenvalue weighted by atomic mass is 9.82. The number of aliphatic hydroxyl groups excluding tert-OH is 1. The largest absolute Gasteiger partial charge is 0.497 e. The molecule has 0 radical (unpaired) electrons. The summed E-state index contributed by atoms with van der Waals surface area (Å²) >= 11 is 6.71. The lowest BCUT2D eigenvalue weighted by Crippen LogP contribution is -2.52. The topological polar surface area (TPSA) is 99.6 Å². The molecule has 0 saturated carbocycles. The van der Waals surface area contributed by atoms with Crippen molar-refractivity contribution >= 4 is 54.0 Å². The molecule has 1 N–H and O–H groups in total. The van der Waals surface area contributed by atoms with Crippen LogP contribution >= 0.6 is 11.6 Å². The van der Waals surface area contributed by atoms with Gasteiger partial charge in [-0.05, 0) is 71.1 Å². The molecule has 1 spiro atoms. The summed E-state index contributed by atoms with van der Waals surface area (Å²) in [6, 6.07) is 29.2. The number of ether oxygens (including phenoxy) is 2. The van der Waals surface area contributed by atoms with Crippen LogP contribution in [0.5, 0.6) is 5.75 Å². The number of hydrogen-bond acceptors (Lipinski definition) is 6. The Labute approximate surface area is 322 Å². The van der Waals surface area contributed by atoms with Gasteiger partial charge in [-0.2, -0.15) is 0 Å². The molecule has 5 atom stereocenters. The molecule has 2 saturated heterocycles. The van der Waals surface area contributed by atoms with Crippen LogP contribution in [0, 0.1) is 5.92 Å². The summed E-state index contributed by atoms with van der Waals surface area (Å²) in [6.45, 7) is 7.98. The molecule has 8 rings (SSSR count). The van der Waals surface area contributed by atoms with Crippen molar-refractivity contribution in [3.8, 4) is 5.75 Å². The van der Waals surface area contributed by atoms with E-state index in [2.05, 4.69) is 38.2 Å². The number of hydrogen-bond donors (Lipinski definition) is 1. The summed E-state index contributed by atoms with van der Waals surface area (Å²) < 4.78 is 12.7. The number of nitrogens with zero attached hydrogens (tertiary/aromatic N) is 3. The minimum atomic E-state index is -2.52. The second kappa shape index (κ2) is 14.0. The molecule has 4 aliphatic heterocycles. The highest BCUT2D eigenvalue weighted by Gasteiger charge is 2.66. The molecule has 0 bridgehead atoms. The van der Waals surface area contributed by atoms with Gasteiger partial charge in [0.15, 0.2) is 5.60 Å². The fraction of sp³-hybridized carbons (Fsp3) is 0.372. The van der Waals surface area contributed by atoms with Crippen molar-refractivity contribution in [2.24, 2.45) is 5.92 Å². The first-order chi connectivity index (χ1) is 26.0. The summed E-state index contributed by atoms with van der Waals surface area (Å²) in [7, 11) is -0.870. The van der Waals surface area contributed by atoms with Crippen molar-refractivity contribution in [2.75, 3.05) is 30.1 Å². The van der Waals surface area contributed by atoms with Gasteiger partial charge in [-0.25, -0.2) is 0 Å². The third-order valence-electron chi connectivity index (χ3n) is 12.5.